The molecule has 0 saturated heterocycles. The van der Waals surface area contributed by atoms with Crippen LogP contribution >= 0.6 is 15.9 Å². The average molecular weight is 430 g/mol. The van der Waals surface area contributed by atoms with E-state index in [2.05, 4.69) is 31.5 Å². The van der Waals surface area contributed by atoms with Gasteiger partial charge in [-0.3, -0.25) is 9.59 Å². The predicted octanol–water partition coefficient (Wildman–Crippen LogP) is 3.63. The van der Waals surface area contributed by atoms with Crippen molar-refractivity contribution in [1.82, 2.24) is 10.3 Å². The quantitative estimate of drug-likeness (QED) is 0.583. The van der Waals surface area contributed by atoms with Crippen molar-refractivity contribution >= 4 is 33.4 Å². The fourth-order valence-electron chi connectivity index (χ4n) is 2.34. The molecule has 8 heteroatoms. The summed E-state index contributed by atoms with van der Waals surface area (Å²) in [6, 6.07) is 12.0. The lowest BCUT2D eigenvalue weighted by Gasteiger charge is -2.09. The highest BCUT2D eigenvalue weighted by molar-refractivity contribution is 9.10. The maximum absolute atomic E-state index is 12.3. The van der Waals surface area contributed by atoms with Crippen LogP contribution < -0.4 is 15.4 Å². The Labute approximate surface area is 163 Å². The molecule has 0 spiro atoms. The van der Waals surface area contributed by atoms with Crippen molar-refractivity contribution in [2.24, 2.45) is 0 Å². The molecular weight excluding hydrogens is 414 g/mol. The minimum absolute atomic E-state index is 0.227. The van der Waals surface area contributed by atoms with E-state index in [1.807, 2.05) is 6.07 Å². The van der Waals surface area contributed by atoms with Gasteiger partial charge >= 0.3 is 0 Å². The second-order valence-corrected chi connectivity index (χ2v) is 6.28. The van der Waals surface area contributed by atoms with E-state index in [4.69, 9.17) is 9.15 Å². The number of anilines is 1. The maximum Gasteiger partial charge on any atom is 0.291 e. The van der Waals surface area contributed by atoms with Gasteiger partial charge in [-0.05, 0) is 51.8 Å². The number of rotatable bonds is 6. The fraction of sp³-hybridized carbons (Fsp3) is 0.105. The van der Waals surface area contributed by atoms with E-state index in [9.17, 15) is 9.59 Å². The van der Waals surface area contributed by atoms with Crippen LogP contribution in [-0.4, -0.2) is 23.9 Å². The molecule has 0 aliphatic carbocycles. The summed E-state index contributed by atoms with van der Waals surface area (Å²) in [6.07, 6.45) is 2.90. The van der Waals surface area contributed by atoms with E-state index >= 15 is 0 Å². The number of aromatic nitrogens is 1. The Morgan fingerprint density at radius 1 is 1.19 bits per heavy atom. The molecule has 0 radical (unpaired) electrons. The zero-order chi connectivity index (χ0) is 19.2. The zero-order valence-corrected chi connectivity index (χ0v) is 15.9. The van der Waals surface area contributed by atoms with Crippen LogP contribution in [0.15, 0.2) is 63.9 Å². The summed E-state index contributed by atoms with van der Waals surface area (Å²) in [5.74, 6) is 0.0863. The Morgan fingerprint density at radius 3 is 2.78 bits per heavy atom. The number of methoxy groups -OCH3 is 1. The van der Waals surface area contributed by atoms with Crippen LogP contribution in [0.25, 0.3) is 0 Å². The largest absolute Gasteiger partial charge is 0.494 e. The molecule has 138 valence electrons. The number of hydrogen-bond donors (Lipinski definition) is 2. The van der Waals surface area contributed by atoms with E-state index in [1.54, 1.807) is 36.4 Å². The van der Waals surface area contributed by atoms with Crippen molar-refractivity contribution in [1.29, 1.82) is 0 Å². The number of furan rings is 1. The molecule has 2 N–H and O–H groups in total. The van der Waals surface area contributed by atoms with Crippen molar-refractivity contribution in [3.05, 3.63) is 76.4 Å². The number of benzene rings is 1. The van der Waals surface area contributed by atoms with E-state index in [0.717, 1.165) is 5.56 Å². The number of ether oxygens (including phenoxy) is 1. The highest BCUT2D eigenvalue weighted by Gasteiger charge is 2.11. The van der Waals surface area contributed by atoms with Crippen LogP contribution in [0, 0.1) is 0 Å². The number of nitrogens with zero attached hydrogens (tertiary/aromatic N) is 1. The second-order valence-electron chi connectivity index (χ2n) is 5.53. The number of carbonyl (C=O) groups is 2. The molecule has 0 unspecified atom stereocenters. The normalized spacial score (nSPS) is 10.3. The van der Waals surface area contributed by atoms with Crippen molar-refractivity contribution < 1.29 is 18.7 Å². The van der Waals surface area contributed by atoms with Gasteiger partial charge in [0.25, 0.3) is 11.8 Å². The van der Waals surface area contributed by atoms with E-state index < -0.39 is 0 Å². The summed E-state index contributed by atoms with van der Waals surface area (Å²) in [6.45, 7) is 0.293. The number of carbonyl (C=O) groups excluding carboxylic acids is 2. The summed E-state index contributed by atoms with van der Waals surface area (Å²) in [4.78, 5) is 28.4. The summed E-state index contributed by atoms with van der Waals surface area (Å²) < 4.78 is 10.7. The van der Waals surface area contributed by atoms with Crippen LogP contribution in [0.3, 0.4) is 0 Å². The topological polar surface area (TPSA) is 93.5 Å². The lowest BCUT2D eigenvalue weighted by molar-refractivity contribution is 0.0948. The minimum atomic E-state index is -0.339. The Hall–Kier alpha value is -3.13. The van der Waals surface area contributed by atoms with E-state index in [1.165, 1.54) is 19.6 Å². The molecule has 0 aliphatic rings. The average Bonchev–Trinajstić information content (AvgIpc) is 3.22. The summed E-state index contributed by atoms with van der Waals surface area (Å²) in [5.41, 5.74) is 1.82. The van der Waals surface area contributed by atoms with Crippen LogP contribution in [0.5, 0.6) is 5.75 Å². The van der Waals surface area contributed by atoms with Gasteiger partial charge in [0.05, 0.1) is 18.9 Å². The van der Waals surface area contributed by atoms with Gasteiger partial charge in [0, 0.05) is 18.4 Å². The van der Waals surface area contributed by atoms with Gasteiger partial charge in [-0.2, -0.15) is 0 Å². The highest BCUT2D eigenvalue weighted by atomic mass is 79.9. The minimum Gasteiger partial charge on any atom is -0.494 e. The van der Waals surface area contributed by atoms with Gasteiger partial charge in [0.2, 0.25) is 0 Å². The van der Waals surface area contributed by atoms with E-state index in [-0.39, 0.29) is 17.6 Å². The molecule has 3 aromatic rings. The van der Waals surface area contributed by atoms with Crippen LogP contribution in [0.4, 0.5) is 5.69 Å². The number of nitrogens with one attached hydrogen (secondary N) is 2. The Morgan fingerprint density at radius 2 is 2.04 bits per heavy atom. The number of halogens is 1. The maximum atomic E-state index is 12.3. The molecule has 2 heterocycles. The third kappa shape index (κ3) is 4.73. The summed E-state index contributed by atoms with van der Waals surface area (Å²) in [7, 11) is 1.51. The number of hydrogen-bond acceptors (Lipinski definition) is 5. The predicted molar refractivity (Wildman–Crippen MR) is 103 cm³/mol. The first-order valence-electron chi connectivity index (χ1n) is 7.98. The highest BCUT2D eigenvalue weighted by Crippen LogP contribution is 2.22. The molecule has 0 atom stereocenters. The SMILES string of the molecule is COc1cc(C(=O)NCc2cccc(NC(=O)c3ccco3)c2)cnc1Br. The van der Waals surface area contributed by atoms with Gasteiger partial charge in [-0.15, -0.1) is 0 Å². The molecule has 0 bridgehead atoms. The van der Waals surface area contributed by atoms with Gasteiger partial charge in [-0.25, -0.2) is 4.98 Å². The molecule has 0 fully saturated rings. The molecule has 3 rings (SSSR count). The van der Waals surface area contributed by atoms with Crippen LogP contribution in [0.1, 0.15) is 26.5 Å². The van der Waals surface area contributed by atoms with E-state index in [0.29, 0.717) is 28.1 Å². The summed E-state index contributed by atoms with van der Waals surface area (Å²) >= 11 is 3.25. The molecule has 2 aromatic heterocycles. The lowest BCUT2D eigenvalue weighted by atomic mass is 10.2. The van der Waals surface area contributed by atoms with Gasteiger partial charge < -0.3 is 19.8 Å². The Balaban J connectivity index is 1.63. The first-order chi connectivity index (χ1) is 13.1. The first-order valence-corrected chi connectivity index (χ1v) is 8.77. The third-order valence-corrected chi connectivity index (χ3v) is 4.27. The molecular formula is C19H16BrN3O4. The zero-order valence-electron chi connectivity index (χ0n) is 14.4. The molecule has 27 heavy (non-hydrogen) atoms. The first kappa shape index (κ1) is 18.7. The third-order valence-electron chi connectivity index (χ3n) is 3.67. The Bertz CT molecular complexity index is 957. The Kier molecular flexibility index (Phi) is 5.87. The molecule has 7 nitrogen and oxygen atoms in total. The van der Waals surface area contributed by atoms with Crippen molar-refractivity contribution in [3.63, 3.8) is 0 Å². The van der Waals surface area contributed by atoms with Gasteiger partial charge in [-0.1, -0.05) is 12.1 Å². The molecule has 2 amide bonds. The monoisotopic (exact) mass is 429 g/mol. The molecule has 0 saturated carbocycles. The van der Waals surface area contributed by atoms with Crippen LogP contribution in [0.2, 0.25) is 0 Å². The molecule has 0 aliphatic heterocycles. The number of pyridine rings is 1. The van der Waals surface area contributed by atoms with Crippen molar-refractivity contribution in [2.45, 2.75) is 6.54 Å². The van der Waals surface area contributed by atoms with Crippen molar-refractivity contribution in [2.75, 3.05) is 12.4 Å². The lowest BCUT2D eigenvalue weighted by Crippen LogP contribution is -2.23. The van der Waals surface area contributed by atoms with Crippen molar-refractivity contribution in [3.8, 4) is 5.75 Å². The standard InChI is InChI=1S/C19H16BrN3O4/c1-26-16-9-13(11-21-17(16)20)18(24)22-10-12-4-2-5-14(8-12)23-19(25)15-6-3-7-27-15/h2-9,11H,10H2,1H3,(H,22,24)(H,23,25). The number of amides is 2. The fourth-order valence-corrected chi connectivity index (χ4v) is 2.72. The van der Waals surface area contributed by atoms with Crippen LogP contribution in [-0.2, 0) is 6.54 Å². The summed E-state index contributed by atoms with van der Waals surface area (Å²) in [5, 5.41) is 5.56. The van der Waals surface area contributed by atoms with Gasteiger partial charge in [0.15, 0.2) is 11.5 Å². The smallest absolute Gasteiger partial charge is 0.291 e. The van der Waals surface area contributed by atoms with Gasteiger partial charge in [0.1, 0.15) is 4.60 Å². The molecule has 1 aromatic carbocycles. The second kappa shape index (κ2) is 8.50.